The van der Waals surface area contributed by atoms with Gasteiger partial charge in [0, 0.05) is 12.2 Å². The number of esters is 1. The fourth-order valence-electron chi connectivity index (χ4n) is 1.92. The van der Waals surface area contributed by atoms with Crippen LogP contribution < -0.4 is 10.6 Å². The first-order valence-corrected chi connectivity index (χ1v) is 7.90. The molecule has 0 spiro atoms. The van der Waals surface area contributed by atoms with Gasteiger partial charge in [-0.1, -0.05) is 19.8 Å². The molecule has 0 saturated heterocycles. The maximum Gasteiger partial charge on any atom is 0.338 e. The summed E-state index contributed by atoms with van der Waals surface area (Å²) in [5.74, 6) is -1.08. The second-order valence-electron chi connectivity index (χ2n) is 5.08. The Morgan fingerprint density at radius 1 is 1.00 bits per heavy atom. The molecule has 6 nitrogen and oxygen atoms in total. The van der Waals surface area contributed by atoms with E-state index in [1.807, 2.05) is 0 Å². The van der Waals surface area contributed by atoms with Gasteiger partial charge in [-0.15, -0.1) is 0 Å². The molecule has 2 amide bonds. The molecule has 6 heteroatoms. The predicted molar refractivity (Wildman–Crippen MR) is 88.2 cm³/mol. The van der Waals surface area contributed by atoms with Crippen molar-refractivity contribution in [2.24, 2.45) is 0 Å². The molecule has 0 aliphatic carbocycles. The number of nitrogens with one attached hydrogen (secondary N) is 2. The van der Waals surface area contributed by atoms with Gasteiger partial charge < -0.3 is 15.4 Å². The van der Waals surface area contributed by atoms with Crippen LogP contribution in [-0.2, 0) is 14.3 Å². The summed E-state index contributed by atoms with van der Waals surface area (Å²) in [7, 11) is 0. The van der Waals surface area contributed by atoms with Crippen molar-refractivity contribution in [1.29, 1.82) is 0 Å². The van der Waals surface area contributed by atoms with Crippen LogP contribution in [0.15, 0.2) is 24.3 Å². The Morgan fingerprint density at radius 2 is 1.70 bits per heavy atom. The zero-order valence-electron chi connectivity index (χ0n) is 13.7. The SMILES string of the molecule is CCCCCNC(=O)CC(=O)Nc1ccc(C(=O)OCC)cc1. The zero-order chi connectivity index (χ0) is 17.1. The third-order valence-electron chi connectivity index (χ3n) is 3.10. The molecule has 1 rings (SSSR count). The summed E-state index contributed by atoms with van der Waals surface area (Å²) >= 11 is 0. The lowest BCUT2D eigenvalue weighted by molar-refractivity contribution is -0.126. The number of carbonyl (C=O) groups excluding carboxylic acids is 3. The minimum atomic E-state index is -0.406. The van der Waals surface area contributed by atoms with Crippen molar-refractivity contribution in [1.82, 2.24) is 5.32 Å². The van der Waals surface area contributed by atoms with Crippen LogP contribution in [0.5, 0.6) is 0 Å². The van der Waals surface area contributed by atoms with Gasteiger partial charge in [0.2, 0.25) is 11.8 Å². The molecule has 23 heavy (non-hydrogen) atoms. The normalized spacial score (nSPS) is 10.0. The first-order chi connectivity index (χ1) is 11.1. The van der Waals surface area contributed by atoms with Crippen LogP contribution in [0.2, 0.25) is 0 Å². The standard InChI is InChI=1S/C17H24N2O4/c1-3-5-6-11-18-15(20)12-16(21)19-14-9-7-13(8-10-14)17(22)23-4-2/h7-10H,3-6,11-12H2,1-2H3,(H,18,20)(H,19,21). The van der Waals surface area contributed by atoms with Crippen molar-refractivity contribution in [3.63, 3.8) is 0 Å². The van der Waals surface area contributed by atoms with Gasteiger partial charge in [0.05, 0.1) is 12.2 Å². The van der Waals surface area contributed by atoms with Crippen molar-refractivity contribution in [3.8, 4) is 0 Å². The lowest BCUT2D eigenvalue weighted by atomic mass is 10.2. The maximum atomic E-state index is 11.8. The van der Waals surface area contributed by atoms with E-state index in [0.29, 0.717) is 24.4 Å². The third kappa shape index (κ3) is 7.44. The topological polar surface area (TPSA) is 84.5 Å². The molecule has 0 aliphatic heterocycles. The number of amides is 2. The van der Waals surface area contributed by atoms with Crippen molar-refractivity contribution in [3.05, 3.63) is 29.8 Å². The minimum Gasteiger partial charge on any atom is -0.462 e. The van der Waals surface area contributed by atoms with Gasteiger partial charge in [0.25, 0.3) is 0 Å². The summed E-state index contributed by atoms with van der Waals surface area (Å²) in [6, 6.07) is 6.34. The van der Waals surface area contributed by atoms with Crippen molar-refractivity contribution in [2.75, 3.05) is 18.5 Å². The van der Waals surface area contributed by atoms with Crippen molar-refractivity contribution < 1.29 is 19.1 Å². The Hall–Kier alpha value is -2.37. The van der Waals surface area contributed by atoms with Crippen LogP contribution in [0, 0.1) is 0 Å². The highest BCUT2D eigenvalue weighted by molar-refractivity contribution is 6.03. The quantitative estimate of drug-likeness (QED) is 0.416. The molecule has 0 atom stereocenters. The van der Waals surface area contributed by atoms with Gasteiger partial charge in [-0.05, 0) is 37.6 Å². The Balaban J connectivity index is 2.39. The first-order valence-electron chi connectivity index (χ1n) is 7.90. The number of unbranched alkanes of at least 4 members (excludes halogenated alkanes) is 2. The molecule has 0 bridgehead atoms. The Morgan fingerprint density at radius 3 is 2.30 bits per heavy atom. The number of hydrogen-bond donors (Lipinski definition) is 2. The van der Waals surface area contributed by atoms with Gasteiger partial charge in [0.1, 0.15) is 6.42 Å². The Kier molecular flexibility index (Phi) is 8.42. The number of hydrogen-bond acceptors (Lipinski definition) is 4. The molecule has 0 unspecified atom stereocenters. The van der Waals surface area contributed by atoms with Crippen molar-refractivity contribution in [2.45, 2.75) is 39.5 Å². The molecule has 1 aromatic rings. The van der Waals surface area contributed by atoms with Gasteiger partial charge in [-0.2, -0.15) is 0 Å². The smallest absolute Gasteiger partial charge is 0.338 e. The van der Waals surface area contributed by atoms with E-state index in [1.165, 1.54) is 0 Å². The second-order valence-corrected chi connectivity index (χ2v) is 5.08. The Labute approximate surface area is 136 Å². The fraction of sp³-hybridized carbons (Fsp3) is 0.471. The van der Waals surface area contributed by atoms with E-state index < -0.39 is 5.97 Å². The lowest BCUT2D eigenvalue weighted by Crippen LogP contribution is -2.28. The lowest BCUT2D eigenvalue weighted by Gasteiger charge is -2.07. The van der Waals surface area contributed by atoms with Crippen LogP contribution in [0.4, 0.5) is 5.69 Å². The van der Waals surface area contributed by atoms with E-state index in [4.69, 9.17) is 4.74 Å². The summed E-state index contributed by atoms with van der Waals surface area (Å²) in [6.07, 6.45) is 2.84. The molecular formula is C17H24N2O4. The molecule has 0 fully saturated rings. The van der Waals surface area contributed by atoms with Gasteiger partial charge >= 0.3 is 5.97 Å². The Bertz CT molecular complexity index is 526. The summed E-state index contributed by atoms with van der Waals surface area (Å²) < 4.78 is 4.88. The molecule has 0 heterocycles. The molecule has 0 aromatic heterocycles. The van der Waals surface area contributed by atoms with Crippen LogP contribution in [0.1, 0.15) is 49.9 Å². The van der Waals surface area contributed by atoms with E-state index in [9.17, 15) is 14.4 Å². The van der Waals surface area contributed by atoms with Crippen LogP contribution in [0.25, 0.3) is 0 Å². The minimum absolute atomic E-state index is 0.217. The van der Waals surface area contributed by atoms with Gasteiger partial charge in [0.15, 0.2) is 0 Å². The fourth-order valence-corrected chi connectivity index (χ4v) is 1.92. The summed E-state index contributed by atoms with van der Waals surface area (Å²) in [4.78, 5) is 34.9. The molecule has 126 valence electrons. The van der Waals surface area contributed by atoms with E-state index in [0.717, 1.165) is 19.3 Å². The first kappa shape index (κ1) is 18.7. The largest absolute Gasteiger partial charge is 0.462 e. The maximum absolute atomic E-state index is 11.8. The second kappa shape index (κ2) is 10.4. The van der Waals surface area contributed by atoms with Crippen LogP contribution in [0.3, 0.4) is 0 Å². The van der Waals surface area contributed by atoms with E-state index in [1.54, 1.807) is 31.2 Å². The van der Waals surface area contributed by atoms with Crippen LogP contribution in [-0.4, -0.2) is 30.9 Å². The molecule has 0 aliphatic rings. The predicted octanol–water partition coefficient (Wildman–Crippen LogP) is 2.50. The highest BCUT2D eigenvalue weighted by Crippen LogP contribution is 2.11. The summed E-state index contributed by atoms with van der Waals surface area (Å²) in [5.41, 5.74) is 0.945. The monoisotopic (exact) mass is 320 g/mol. The average molecular weight is 320 g/mol. The number of carbonyl (C=O) groups is 3. The molecule has 2 N–H and O–H groups in total. The number of benzene rings is 1. The number of anilines is 1. The highest BCUT2D eigenvalue weighted by atomic mass is 16.5. The molecule has 0 radical (unpaired) electrons. The highest BCUT2D eigenvalue weighted by Gasteiger charge is 2.10. The molecular weight excluding hydrogens is 296 g/mol. The average Bonchev–Trinajstić information content (AvgIpc) is 2.52. The third-order valence-corrected chi connectivity index (χ3v) is 3.10. The van der Waals surface area contributed by atoms with Crippen LogP contribution >= 0.6 is 0 Å². The van der Waals surface area contributed by atoms with Gasteiger partial charge in [-0.25, -0.2) is 4.79 Å². The van der Waals surface area contributed by atoms with Crippen molar-refractivity contribution >= 4 is 23.5 Å². The number of ether oxygens (including phenoxy) is 1. The zero-order valence-corrected chi connectivity index (χ0v) is 13.7. The summed E-state index contributed by atoms with van der Waals surface area (Å²) in [6.45, 7) is 4.72. The molecule has 1 aromatic carbocycles. The molecule has 0 saturated carbocycles. The van der Waals surface area contributed by atoms with E-state index in [2.05, 4.69) is 17.6 Å². The summed E-state index contributed by atoms with van der Waals surface area (Å²) in [5, 5.41) is 5.33. The number of rotatable bonds is 9. The van der Waals surface area contributed by atoms with E-state index in [-0.39, 0.29) is 18.2 Å². The van der Waals surface area contributed by atoms with E-state index >= 15 is 0 Å². The van der Waals surface area contributed by atoms with Gasteiger partial charge in [-0.3, -0.25) is 9.59 Å².